The van der Waals surface area contributed by atoms with E-state index in [2.05, 4.69) is 31.7 Å². The molecule has 0 aromatic carbocycles. The molecule has 2 saturated carbocycles. The Labute approximate surface area is 140 Å². The average Bonchev–Trinajstić information content (AvgIpc) is 2.59. The van der Waals surface area contributed by atoms with Gasteiger partial charge in [-0.3, -0.25) is 0 Å². The van der Waals surface area contributed by atoms with Gasteiger partial charge in [-0.25, -0.2) is 0 Å². The van der Waals surface area contributed by atoms with Crippen LogP contribution in [-0.4, -0.2) is 5.25 Å². The second-order valence-electron chi connectivity index (χ2n) is 6.66. The quantitative estimate of drug-likeness (QED) is 0.433. The van der Waals surface area contributed by atoms with Gasteiger partial charge in [0.05, 0.1) is 6.07 Å². The summed E-state index contributed by atoms with van der Waals surface area (Å²) in [5.74, 6) is 1.87. The monoisotopic (exact) mass is 315 g/mol. The highest BCUT2D eigenvalue weighted by molar-refractivity contribution is 8.03. The van der Waals surface area contributed by atoms with Crippen molar-refractivity contribution in [3.8, 4) is 6.07 Å². The van der Waals surface area contributed by atoms with E-state index < -0.39 is 0 Å². The van der Waals surface area contributed by atoms with Crippen molar-refractivity contribution >= 4 is 11.8 Å². The Kier molecular flexibility index (Phi) is 7.33. The molecule has 0 aromatic heterocycles. The maximum atomic E-state index is 8.83. The van der Waals surface area contributed by atoms with E-state index >= 15 is 0 Å². The first-order chi connectivity index (χ1) is 10.7. The Morgan fingerprint density at radius 1 is 1.05 bits per heavy atom. The zero-order valence-electron chi connectivity index (χ0n) is 13.9. The predicted octanol–water partition coefficient (Wildman–Crippen LogP) is 6.40. The normalized spacial score (nSPS) is 27.7. The van der Waals surface area contributed by atoms with Crippen molar-refractivity contribution in [2.24, 2.45) is 11.8 Å². The van der Waals surface area contributed by atoms with Crippen LogP contribution in [0.15, 0.2) is 35.3 Å². The van der Waals surface area contributed by atoms with Crippen molar-refractivity contribution in [3.63, 3.8) is 0 Å². The maximum Gasteiger partial charge on any atom is 0.0985 e. The third kappa shape index (κ3) is 5.06. The van der Waals surface area contributed by atoms with Gasteiger partial charge in [-0.2, -0.15) is 5.26 Å². The zero-order valence-corrected chi connectivity index (χ0v) is 14.7. The van der Waals surface area contributed by atoms with Crippen molar-refractivity contribution in [2.45, 2.75) is 70.0 Å². The molecule has 2 heteroatoms. The summed E-state index contributed by atoms with van der Waals surface area (Å²) in [6, 6.07) is 2.09. The minimum absolute atomic E-state index is 0.535. The van der Waals surface area contributed by atoms with Gasteiger partial charge < -0.3 is 0 Å². The van der Waals surface area contributed by atoms with Crippen LogP contribution in [0, 0.1) is 23.2 Å². The molecule has 0 spiro atoms. The molecule has 1 nitrogen and oxygen atoms in total. The lowest BCUT2D eigenvalue weighted by Crippen LogP contribution is -2.30. The van der Waals surface area contributed by atoms with Crippen LogP contribution in [0.1, 0.15) is 64.7 Å². The van der Waals surface area contributed by atoms with Crippen molar-refractivity contribution in [1.29, 1.82) is 5.26 Å². The summed E-state index contributed by atoms with van der Waals surface area (Å²) < 4.78 is 0. The van der Waals surface area contributed by atoms with E-state index in [1.165, 1.54) is 62.7 Å². The molecule has 2 aliphatic carbocycles. The van der Waals surface area contributed by atoms with Crippen LogP contribution in [0.3, 0.4) is 0 Å². The predicted molar refractivity (Wildman–Crippen MR) is 97.6 cm³/mol. The summed E-state index contributed by atoms with van der Waals surface area (Å²) in [5.41, 5.74) is 0.535. The van der Waals surface area contributed by atoms with Crippen molar-refractivity contribution in [3.05, 3.63) is 35.3 Å². The van der Waals surface area contributed by atoms with Gasteiger partial charge in [-0.15, -0.1) is 11.8 Å². The van der Waals surface area contributed by atoms with Gasteiger partial charge in [-0.05, 0) is 43.8 Å². The molecule has 2 atom stereocenters. The minimum atomic E-state index is 0.535. The molecule has 2 unspecified atom stereocenters. The Morgan fingerprint density at radius 3 is 2.41 bits per heavy atom. The molecule has 120 valence electrons. The molecule has 2 rings (SSSR count). The molecule has 0 radical (unpaired) electrons. The van der Waals surface area contributed by atoms with Crippen LogP contribution < -0.4 is 0 Å². The summed E-state index contributed by atoms with van der Waals surface area (Å²) in [5, 5.41) is 9.59. The van der Waals surface area contributed by atoms with Crippen molar-refractivity contribution in [2.75, 3.05) is 0 Å². The lowest BCUT2D eigenvalue weighted by Gasteiger charge is -2.38. The van der Waals surface area contributed by atoms with Crippen LogP contribution >= 0.6 is 11.8 Å². The summed E-state index contributed by atoms with van der Waals surface area (Å²) >= 11 is 2.04. The van der Waals surface area contributed by atoms with E-state index in [4.69, 9.17) is 5.26 Å². The molecule has 22 heavy (non-hydrogen) atoms. The van der Waals surface area contributed by atoms with Gasteiger partial charge in [0, 0.05) is 15.7 Å². The van der Waals surface area contributed by atoms with Gasteiger partial charge in [0.2, 0.25) is 0 Å². The second-order valence-corrected chi connectivity index (χ2v) is 7.98. The highest BCUT2D eigenvalue weighted by Crippen LogP contribution is 2.45. The second kappa shape index (κ2) is 9.26. The summed E-state index contributed by atoms with van der Waals surface area (Å²) in [6.07, 6.45) is 18.9. The maximum absolute atomic E-state index is 8.83. The van der Waals surface area contributed by atoms with E-state index in [-0.39, 0.29) is 0 Å². The molecule has 0 N–H and O–H groups in total. The van der Waals surface area contributed by atoms with Crippen molar-refractivity contribution < 1.29 is 0 Å². The van der Waals surface area contributed by atoms with Crippen LogP contribution in [-0.2, 0) is 0 Å². The third-order valence-corrected chi connectivity index (χ3v) is 6.71. The smallest absolute Gasteiger partial charge is 0.0985 e. The molecule has 0 aliphatic heterocycles. The Morgan fingerprint density at radius 2 is 1.73 bits per heavy atom. The van der Waals surface area contributed by atoms with Crippen LogP contribution in [0.4, 0.5) is 0 Å². The number of allylic oxidation sites excluding steroid dienone is 4. The molecule has 2 fully saturated rings. The largest absolute Gasteiger partial charge is 0.192 e. The van der Waals surface area contributed by atoms with E-state index in [1.807, 2.05) is 17.8 Å². The zero-order chi connectivity index (χ0) is 15.8. The van der Waals surface area contributed by atoms with Gasteiger partial charge in [0.1, 0.15) is 0 Å². The Hall–Kier alpha value is -0.940. The molecule has 0 amide bonds. The molecule has 0 bridgehead atoms. The number of hydrogen-bond acceptors (Lipinski definition) is 2. The first kappa shape index (κ1) is 17.4. The summed E-state index contributed by atoms with van der Waals surface area (Å²) in [7, 11) is 0. The molecular formula is C20H29NS. The van der Waals surface area contributed by atoms with E-state index in [0.717, 1.165) is 17.1 Å². The fourth-order valence-electron chi connectivity index (χ4n) is 3.97. The molecule has 0 aromatic rings. The lowest BCUT2D eigenvalue weighted by molar-refractivity contribution is 0.203. The summed E-state index contributed by atoms with van der Waals surface area (Å²) in [4.78, 5) is 1.30. The molecular weight excluding hydrogens is 286 g/mol. The number of thioether (sulfide) groups is 1. The van der Waals surface area contributed by atoms with Crippen LogP contribution in [0.5, 0.6) is 0 Å². The highest BCUT2D eigenvalue weighted by atomic mass is 32.2. The van der Waals surface area contributed by atoms with Crippen molar-refractivity contribution in [1.82, 2.24) is 0 Å². The van der Waals surface area contributed by atoms with Crippen LogP contribution in [0.2, 0.25) is 0 Å². The highest BCUT2D eigenvalue weighted by Gasteiger charge is 2.33. The van der Waals surface area contributed by atoms with E-state index in [9.17, 15) is 0 Å². The first-order valence-electron chi connectivity index (χ1n) is 8.84. The Balaban J connectivity index is 1.99. The topological polar surface area (TPSA) is 23.8 Å². The number of hydrogen-bond donors (Lipinski definition) is 0. The summed E-state index contributed by atoms with van der Waals surface area (Å²) in [6.45, 7) is 5.83. The number of nitriles is 1. The number of rotatable bonds is 5. The standard InChI is InChI=1S/C20H29NS/c1-3-18(14-13-16(2)15-21)22-20-12-8-7-11-19(20)17-9-5-4-6-10-17/h3,13-14,17,19-20H,2,4-12H2,1H3/b14-13-,18-3+. The molecule has 0 heterocycles. The lowest BCUT2D eigenvalue weighted by atomic mass is 9.73. The molecule has 2 aliphatic rings. The Bertz CT molecular complexity index is 463. The van der Waals surface area contributed by atoms with Gasteiger partial charge in [0.15, 0.2) is 0 Å². The fraction of sp³-hybridized carbons (Fsp3) is 0.650. The minimum Gasteiger partial charge on any atom is -0.192 e. The van der Waals surface area contributed by atoms with Gasteiger partial charge in [-0.1, -0.05) is 57.6 Å². The third-order valence-electron chi connectivity index (χ3n) is 5.17. The number of nitrogens with zero attached hydrogens (tertiary/aromatic N) is 1. The SMILES string of the molecule is C=C(C#N)/C=C\C(=C/C)SC1CCCCC1C1CCCCC1. The van der Waals surface area contributed by atoms with E-state index in [1.54, 1.807) is 0 Å². The van der Waals surface area contributed by atoms with Gasteiger partial charge >= 0.3 is 0 Å². The average molecular weight is 316 g/mol. The fourth-order valence-corrected chi connectivity index (χ4v) is 5.42. The van der Waals surface area contributed by atoms with Crippen LogP contribution in [0.25, 0.3) is 0 Å². The van der Waals surface area contributed by atoms with E-state index in [0.29, 0.717) is 5.57 Å². The molecule has 0 saturated heterocycles. The van der Waals surface area contributed by atoms with Gasteiger partial charge in [0.25, 0.3) is 0 Å². The first-order valence-corrected chi connectivity index (χ1v) is 9.72.